The zero-order valence-electron chi connectivity index (χ0n) is 10.0. The summed E-state index contributed by atoms with van der Waals surface area (Å²) in [6.45, 7) is 2.25. The Labute approximate surface area is 114 Å². The third-order valence-corrected chi connectivity index (χ3v) is 3.39. The molecule has 0 unspecified atom stereocenters. The van der Waals surface area contributed by atoms with Gasteiger partial charge in [-0.1, -0.05) is 12.6 Å². The molecule has 19 heavy (non-hydrogen) atoms. The Balaban J connectivity index is 2.02. The molecule has 1 fully saturated rings. The first-order valence-electron chi connectivity index (χ1n) is 5.78. The molecule has 3 nitrogen and oxygen atoms in total. The van der Waals surface area contributed by atoms with Crippen LogP contribution in [-0.4, -0.2) is 36.3 Å². The quantitative estimate of drug-likeness (QED) is 0.804. The van der Waals surface area contributed by atoms with Crippen LogP contribution in [0, 0.1) is 0 Å². The zero-order valence-corrected chi connectivity index (χ0v) is 10.9. The SMILES string of the molecule is O=C(S)N1CCN(c2ccc(C(F)(F)F)cc2)CC1. The van der Waals surface area contributed by atoms with Crippen LogP contribution < -0.4 is 4.90 Å². The number of benzene rings is 1. The molecule has 0 aromatic heterocycles. The molecule has 2 rings (SSSR count). The van der Waals surface area contributed by atoms with Crippen molar-refractivity contribution >= 4 is 23.6 Å². The number of anilines is 1. The molecular weight excluding hydrogens is 277 g/mol. The van der Waals surface area contributed by atoms with E-state index in [1.165, 1.54) is 12.1 Å². The number of alkyl halides is 3. The molecule has 0 bridgehead atoms. The van der Waals surface area contributed by atoms with Gasteiger partial charge in [-0.25, -0.2) is 0 Å². The van der Waals surface area contributed by atoms with Crippen LogP contribution in [0.1, 0.15) is 5.56 Å². The summed E-state index contributed by atoms with van der Waals surface area (Å²) in [6, 6.07) is 5.07. The highest BCUT2D eigenvalue weighted by Gasteiger charge is 2.30. The third-order valence-electron chi connectivity index (χ3n) is 3.11. The number of thiol groups is 1. The van der Waals surface area contributed by atoms with Gasteiger partial charge in [0, 0.05) is 31.9 Å². The molecule has 0 aliphatic carbocycles. The Morgan fingerprint density at radius 3 is 2.00 bits per heavy atom. The zero-order chi connectivity index (χ0) is 14.0. The Morgan fingerprint density at radius 1 is 1.05 bits per heavy atom. The first kappa shape index (κ1) is 14.0. The normalized spacial score (nSPS) is 16.6. The minimum Gasteiger partial charge on any atom is -0.368 e. The summed E-state index contributed by atoms with van der Waals surface area (Å²) in [6.07, 6.45) is -4.31. The Morgan fingerprint density at radius 2 is 1.58 bits per heavy atom. The Hall–Kier alpha value is -1.37. The van der Waals surface area contributed by atoms with E-state index in [1.54, 1.807) is 4.90 Å². The average Bonchev–Trinajstić information content (AvgIpc) is 2.38. The number of hydrogen-bond acceptors (Lipinski definition) is 2. The van der Waals surface area contributed by atoms with Crippen molar-refractivity contribution in [2.24, 2.45) is 0 Å². The standard InChI is InChI=1S/C12H13F3N2OS/c13-12(14,15)9-1-3-10(4-2-9)16-5-7-17(8-6-16)11(18)19/h1-4H,5-8H2,(H,18,19). The van der Waals surface area contributed by atoms with E-state index in [1.807, 2.05) is 4.90 Å². The number of carbonyl (C=O) groups excluding carboxylic acids is 1. The van der Waals surface area contributed by atoms with Gasteiger partial charge in [0.25, 0.3) is 5.24 Å². The van der Waals surface area contributed by atoms with Gasteiger partial charge in [-0.3, -0.25) is 4.79 Å². The van der Waals surface area contributed by atoms with Gasteiger partial charge in [-0.05, 0) is 24.3 Å². The van der Waals surface area contributed by atoms with Crippen molar-refractivity contribution in [2.75, 3.05) is 31.1 Å². The van der Waals surface area contributed by atoms with Crippen LogP contribution in [0.25, 0.3) is 0 Å². The molecule has 1 aromatic rings. The van der Waals surface area contributed by atoms with Crippen LogP contribution in [0.3, 0.4) is 0 Å². The van der Waals surface area contributed by atoms with E-state index in [4.69, 9.17) is 0 Å². The van der Waals surface area contributed by atoms with Crippen LogP contribution in [0.2, 0.25) is 0 Å². The summed E-state index contributed by atoms with van der Waals surface area (Å²) >= 11 is 3.75. The van der Waals surface area contributed by atoms with E-state index < -0.39 is 11.7 Å². The topological polar surface area (TPSA) is 23.6 Å². The van der Waals surface area contributed by atoms with Gasteiger partial charge in [-0.2, -0.15) is 13.2 Å². The lowest BCUT2D eigenvalue weighted by molar-refractivity contribution is -0.137. The van der Waals surface area contributed by atoms with Crippen molar-refractivity contribution in [1.29, 1.82) is 0 Å². The maximum absolute atomic E-state index is 12.4. The number of amides is 1. The molecule has 1 aliphatic rings. The van der Waals surface area contributed by atoms with Crippen LogP contribution in [0.15, 0.2) is 24.3 Å². The van der Waals surface area contributed by atoms with Crippen molar-refractivity contribution in [3.8, 4) is 0 Å². The summed E-state index contributed by atoms with van der Waals surface area (Å²) in [5.74, 6) is 0. The maximum atomic E-state index is 12.4. The van der Waals surface area contributed by atoms with Crippen molar-refractivity contribution < 1.29 is 18.0 Å². The van der Waals surface area contributed by atoms with E-state index in [2.05, 4.69) is 12.6 Å². The van der Waals surface area contributed by atoms with E-state index >= 15 is 0 Å². The minimum atomic E-state index is -4.31. The molecule has 0 spiro atoms. The van der Waals surface area contributed by atoms with E-state index in [0.29, 0.717) is 26.2 Å². The fourth-order valence-electron chi connectivity index (χ4n) is 2.02. The number of rotatable bonds is 1. The highest BCUT2D eigenvalue weighted by molar-refractivity contribution is 7.96. The summed E-state index contributed by atoms with van der Waals surface area (Å²) in [5, 5.41) is -0.271. The molecule has 0 saturated carbocycles. The maximum Gasteiger partial charge on any atom is 0.416 e. The van der Waals surface area contributed by atoms with Gasteiger partial charge in [0.05, 0.1) is 5.56 Å². The molecule has 1 saturated heterocycles. The molecule has 1 amide bonds. The molecular formula is C12H13F3N2OS. The van der Waals surface area contributed by atoms with Gasteiger partial charge < -0.3 is 9.80 Å². The lowest BCUT2D eigenvalue weighted by atomic mass is 10.1. The van der Waals surface area contributed by atoms with E-state index in [-0.39, 0.29) is 5.24 Å². The van der Waals surface area contributed by atoms with Gasteiger partial charge in [0.2, 0.25) is 0 Å². The highest BCUT2D eigenvalue weighted by atomic mass is 32.1. The molecule has 1 aromatic carbocycles. The van der Waals surface area contributed by atoms with Crippen LogP contribution in [0.5, 0.6) is 0 Å². The molecule has 104 valence electrons. The summed E-state index contributed by atoms with van der Waals surface area (Å²) in [7, 11) is 0. The largest absolute Gasteiger partial charge is 0.416 e. The first-order valence-corrected chi connectivity index (χ1v) is 6.23. The monoisotopic (exact) mass is 290 g/mol. The van der Waals surface area contributed by atoms with Crippen LogP contribution in [0.4, 0.5) is 23.7 Å². The lowest BCUT2D eigenvalue weighted by Gasteiger charge is -2.35. The van der Waals surface area contributed by atoms with E-state index in [0.717, 1.165) is 17.8 Å². The first-order chi connectivity index (χ1) is 8.88. The smallest absolute Gasteiger partial charge is 0.368 e. The van der Waals surface area contributed by atoms with Crippen LogP contribution >= 0.6 is 12.6 Å². The van der Waals surface area contributed by atoms with Gasteiger partial charge >= 0.3 is 6.18 Å². The summed E-state index contributed by atoms with van der Waals surface area (Å²) in [4.78, 5) is 14.6. The second-order valence-electron chi connectivity index (χ2n) is 4.30. The minimum absolute atomic E-state index is 0.271. The molecule has 0 radical (unpaired) electrons. The number of hydrogen-bond donors (Lipinski definition) is 1. The molecule has 0 atom stereocenters. The number of halogens is 3. The van der Waals surface area contributed by atoms with Gasteiger partial charge in [0.15, 0.2) is 0 Å². The van der Waals surface area contributed by atoms with E-state index in [9.17, 15) is 18.0 Å². The fourth-order valence-corrected chi connectivity index (χ4v) is 2.22. The summed E-state index contributed by atoms with van der Waals surface area (Å²) < 4.78 is 37.3. The van der Waals surface area contributed by atoms with Gasteiger partial charge in [-0.15, -0.1) is 0 Å². The highest BCUT2D eigenvalue weighted by Crippen LogP contribution is 2.30. The third kappa shape index (κ3) is 3.34. The van der Waals surface area contributed by atoms with Crippen molar-refractivity contribution in [2.45, 2.75) is 6.18 Å². The molecule has 1 heterocycles. The van der Waals surface area contributed by atoms with Gasteiger partial charge in [0.1, 0.15) is 0 Å². The molecule has 7 heteroatoms. The Kier molecular flexibility index (Phi) is 3.93. The number of piperazine rings is 1. The number of carbonyl (C=O) groups is 1. The number of nitrogens with zero attached hydrogens (tertiary/aromatic N) is 2. The molecule has 0 N–H and O–H groups in total. The average molecular weight is 290 g/mol. The lowest BCUT2D eigenvalue weighted by Crippen LogP contribution is -2.47. The Bertz CT molecular complexity index is 453. The van der Waals surface area contributed by atoms with Crippen molar-refractivity contribution in [3.05, 3.63) is 29.8 Å². The second-order valence-corrected chi connectivity index (χ2v) is 4.68. The summed E-state index contributed by atoms with van der Waals surface area (Å²) in [5.41, 5.74) is 0.0830. The van der Waals surface area contributed by atoms with Crippen molar-refractivity contribution in [1.82, 2.24) is 4.90 Å². The molecule has 1 aliphatic heterocycles. The van der Waals surface area contributed by atoms with Crippen LogP contribution in [-0.2, 0) is 6.18 Å². The van der Waals surface area contributed by atoms with Crippen molar-refractivity contribution in [3.63, 3.8) is 0 Å². The fraction of sp³-hybridized carbons (Fsp3) is 0.417. The second kappa shape index (κ2) is 5.32. The predicted octanol–water partition coefficient (Wildman–Crippen LogP) is 2.88. The predicted molar refractivity (Wildman–Crippen MR) is 69.6 cm³/mol.